The molecular weight excluding hydrogens is 228 g/mol. The zero-order chi connectivity index (χ0) is 12.6. The Kier molecular flexibility index (Phi) is 5.30. The van der Waals surface area contributed by atoms with Crippen molar-refractivity contribution in [2.75, 3.05) is 51.8 Å². The Labute approximate surface area is 109 Å². The molecule has 0 bridgehead atoms. The molecule has 1 saturated heterocycles. The third-order valence-corrected chi connectivity index (χ3v) is 3.13. The topological polar surface area (TPSA) is 33.7 Å². The lowest BCUT2D eigenvalue weighted by molar-refractivity contribution is 0.0358. The van der Waals surface area contributed by atoms with Gasteiger partial charge in [0, 0.05) is 32.4 Å². The van der Waals surface area contributed by atoms with Crippen molar-refractivity contribution in [2.45, 2.75) is 6.42 Å². The van der Waals surface area contributed by atoms with E-state index >= 15 is 0 Å². The molecule has 0 aromatic heterocycles. The summed E-state index contributed by atoms with van der Waals surface area (Å²) in [6.45, 7) is 5.71. The van der Waals surface area contributed by atoms with Crippen LogP contribution in [0.2, 0.25) is 0 Å². The van der Waals surface area contributed by atoms with Crippen molar-refractivity contribution >= 4 is 5.69 Å². The summed E-state index contributed by atoms with van der Waals surface area (Å²) in [5.41, 5.74) is 1.11. The smallest absolute Gasteiger partial charge is 0.119 e. The number of nitrogens with one attached hydrogen (secondary N) is 1. The lowest BCUT2D eigenvalue weighted by Crippen LogP contribution is -2.37. The highest BCUT2D eigenvalue weighted by molar-refractivity contribution is 5.45. The second-order valence-electron chi connectivity index (χ2n) is 4.43. The van der Waals surface area contributed by atoms with Crippen molar-refractivity contribution in [3.63, 3.8) is 0 Å². The Morgan fingerprint density at radius 1 is 1.22 bits per heavy atom. The number of hydrogen-bond acceptors (Lipinski definition) is 4. The van der Waals surface area contributed by atoms with E-state index in [2.05, 4.69) is 10.2 Å². The summed E-state index contributed by atoms with van der Waals surface area (Å²) >= 11 is 0. The molecule has 18 heavy (non-hydrogen) atoms. The van der Waals surface area contributed by atoms with Crippen molar-refractivity contribution in [3.8, 4) is 5.75 Å². The number of rotatable bonds is 6. The second kappa shape index (κ2) is 7.24. The first-order valence-corrected chi connectivity index (χ1v) is 6.59. The number of ether oxygens (including phenoxy) is 2. The molecule has 1 heterocycles. The Balaban J connectivity index is 1.62. The van der Waals surface area contributed by atoms with Crippen molar-refractivity contribution < 1.29 is 9.47 Å². The Hall–Kier alpha value is -1.26. The zero-order valence-electron chi connectivity index (χ0n) is 11.0. The van der Waals surface area contributed by atoms with Crippen LogP contribution >= 0.6 is 0 Å². The van der Waals surface area contributed by atoms with Gasteiger partial charge >= 0.3 is 0 Å². The number of nitrogens with zero attached hydrogens (tertiary/aromatic N) is 1. The fourth-order valence-electron chi connectivity index (χ4n) is 2.02. The molecule has 100 valence electrons. The van der Waals surface area contributed by atoms with Gasteiger partial charge in [0.05, 0.1) is 19.8 Å². The molecule has 0 unspecified atom stereocenters. The molecule has 0 spiro atoms. The molecule has 1 fully saturated rings. The molecule has 0 amide bonds. The van der Waals surface area contributed by atoms with E-state index in [0.717, 1.165) is 57.3 Å². The molecular formula is C14H22N2O2. The average Bonchev–Trinajstić information content (AvgIpc) is 2.45. The molecule has 0 saturated carbocycles. The Bertz CT molecular complexity index is 334. The maximum Gasteiger partial charge on any atom is 0.119 e. The molecule has 4 nitrogen and oxygen atoms in total. The summed E-state index contributed by atoms with van der Waals surface area (Å²) in [6, 6.07) is 8.05. The van der Waals surface area contributed by atoms with E-state index in [-0.39, 0.29) is 0 Å². The number of anilines is 1. The van der Waals surface area contributed by atoms with Crippen molar-refractivity contribution in [2.24, 2.45) is 0 Å². The molecule has 1 N–H and O–H groups in total. The van der Waals surface area contributed by atoms with Crippen molar-refractivity contribution in [1.29, 1.82) is 0 Å². The lowest BCUT2D eigenvalue weighted by atomic mass is 10.3. The van der Waals surface area contributed by atoms with Crippen LogP contribution in [-0.2, 0) is 4.74 Å². The van der Waals surface area contributed by atoms with Gasteiger partial charge in [0.15, 0.2) is 0 Å². The quantitative estimate of drug-likeness (QED) is 0.781. The highest BCUT2D eigenvalue weighted by Gasteiger charge is 2.09. The van der Waals surface area contributed by atoms with E-state index in [4.69, 9.17) is 9.47 Å². The van der Waals surface area contributed by atoms with E-state index in [1.807, 2.05) is 31.3 Å². The number of morpholine rings is 1. The molecule has 1 aliphatic rings. The molecule has 0 atom stereocenters. The fourth-order valence-corrected chi connectivity index (χ4v) is 2.02. The Morgan fingerprint density at radius 3 is 2.61 bits per heavy atom. The number of hydrogen-bond donors (Lipinski definition) is 1. The van der Waals surface area contributed by atoms with Gasteiger partial charge in [-0.15, -0.1) is 0 Å². The van der Waals surface area contributed by atoms with Gasteiger partial charge in [0.1, 0.15) is 5.75 Å². The van der Waals surface area contributed by atoms with Gasteiger partial charge < -0.3 is 14.8 Å². The van der Waals surface area contributed by atoms with Gasteiger partial charge in [-0.05, 0) is 30.7 Å². The minimum atomic E-state index is 0.774. The first-order chi connectivity index (χ1) is 8.88. The molecule has 1 aliphatic heterocycles. The van der Waals surface area contributed by atoms with Gasteiger partial charge in [-0.3, -0.25) is 4.90 Å². The third-order valence-electron chi connectivity index (χ3n) is 3.13. The highest BCUT2D eigenvalue weighted by Crippen LogP contribution is 2.15. The van der Waals surface area contributed by atoms with Crippen LogP contribution < -0.4 is 10.1 Å². The lowest BCUT2D eigenvalue weighted by Gasteiger charge is -2.26. The van der Waals surface area contributed by atoms with Crippen molar-refractivity contribution in [1.82, 2.24) is 4.90 Å². The minimum absolute atomic E-state index is 0.774. The number of benzene rings is 1. The van der Waals surface area contributed by atoms with E-state index in [9.17, 15) is 0 Å². The monoisotopic (exact) mass is 250 g/mol. The average molecular weight is 250 g/mol. The zero-order valence-corrected chi connectivity index (χ0v) is 11.0. The van der Waals surface area contributed by atoms with E-state index < -0.39 is 0 Å². The summed E-state index contributed by atoms with van der Waals surface area (Å²) in [7, 11) is 1.91. The van der Waals surface area contributed by atoms with Crippen molar-refractivity contribution in [3.05, 3.63) is 24.3 Å². The van der Waals surface area contributed by atoms with Crippen LogP contribution in [0.1, 0.15) is 6.42 Å². The fraction of sp³-hybridized carbons (Fsp3) is 0.571. The molecule has 0 aliphatic carbocycles. The van der Waals surface area contributed by atoms with Crippen LogP contribution in [-0.4, -0.2) is 51.4 Å². The summed E-state index contributed by atoms with van der Waals surface area (Å²) < 4.78 is 11.0. The molecule has 1 aromatic rings. The van der Waals surface area contributed by atoms with Crippen LogP contribution in [0.4, 0.5) is 5.69 Å². The van der Waals surface area contributed by atoms with E-state index in [1.54, 1.807) is 0 Å². The van der Waals surface area contributed by atoms with Crippen LogP contribution in [0, 0.1) is 0 Å². The van der Waals surface area contributed by atoms with E-state index in [1.165, 1.54) is 0 Å². The molecule has 1 aromatic carbocycles. The van der Waals surface area contributed by atoms with Crippen LogP contribution in [0.15, 0.2) is 24.3 Å². The minimum Gasteiger partial charge on any atom is -0.494 e. The predicted octanol–water partition coefficient (Wildman–Crippen LogP) is 1.83. The first kappa shape index (κ1) is 13.2. The highest BCUT2D eigenvalue weighted by atomic mass is 16.5. The van der Waals surface area contributed by atoms with Crippen LogP contribution in [0.3, 0.4) is 0 Å². The van der Waals surface area contributed by atoms with Gasteiger partial charge in [-0.25, -0.2) is 0 Å². The molecule has 4 heteroatoms. The predicted molar refractivity (Wildman–Crippen MR) is 73.4 cm³/mol. The molecule has 2 rings (SSSR count). The maximum absolute atomic E-state index is 5.71. The summed E-state index contributed by atoms with van der Waals surface area (Å²) in [5, 5.41) is 3.09. The summed E-state index contributed by atoms with van der Waals surface area (Å²) in [4.78, 5) is 2.43. The normalized spacial score (nSPS) is 16.5. The standard InChI is InChI=1S/C14H22N2O2/c1-15-13-3-5-14(6-4-13)18-10-2-7-16-8-11-17-12-9-16/h3-6,15H,2,7-12H2,1H3. The molecule has 0 radical (unpaired) electrons. The SMILES string of the molecule is CNc1ccc(OCCCN2CCOCC2)cc1. The first-order valence-electron chi connectivity index (χ1n) is 6.59. The van der Waals surface area contributed by atoms with Gasteiger partial charge in [-0.1, -0.05) is 0 Å². The van der Waals surface area contributed by atoms with Crippen LogP contribution in [0.5, 0.6) is 5.75 Å². The third kappa shape index (κ3) is 4.20. The van der Waals surface area contributed by atoms with Gasteiger partial charge in [0.25, 0.3) is 0 Å². The van der Waals surface area contributed by atoms with Gasteiger partial charge in [-0.2, -0.15) is 0 Å². The summed E-state index contributed by atoms with van der Waals surface area (Å²) in [6.07, 6.45) is 1.06. The second-order valence-corrected chi connectivity index (χ2v) is 4.43. The van der Waals surface area contributed by atoms with E-state index in [0.29, 0.717) is 0 Å². The summed E-state index contributed by atoms with van der Waals surface area (Å²) in [5.74, 6) is 0.941. The maximum atomic E-state index is 5.71. The van der Waals surface area contributed by atoms with Crippen LogP contribution in [0.25, 0.3) is 0 Å². The Morgan fingerprint density at radius 2 is 1.94 bits per heavy atom. The largest absolute Gasteiger partial charge is 0.494 e. The van der Waals surface area contributed by atoms with Gasteiger partial charge in [0.2, 0.25) is 0 Å².